The van der Waals surface area contributed by atoms with Gasteiger partial charge in [-0.25, -0.2) is 4.39 Å². The number of amides is 2. The smallest absolute Gasteiger partial charge is 0.261 e. The number of nitrogens with zero attached hydrogens (tertiary/aromatic N) is 1. The molecule has 2 rings (SSSR count). The molecule has 0 unspecified atom stereocenters. The molecule has 0 heterocycles. The number of hydrogen-bond donors (Lipinski definition) is 1. The molecular weight excluding hydrogens is 399 g/mol. The second-order valence-corrected chi connectivity index (χ2v) is 7.33. The van der Waals surface area contributed by atoms with Crippen LogP contribution in [0.4, 0.5) is 4.39 Å². The number of benzene rings is 2. The zero-order valence-electron chi connectivity index (χ0n) is 18.6. The third-order valence-corrected chi connectivity index (χ3v) is 5.07. The molecule has 2 aromatic carbocycles. The molecule has 0 spiro atoms. The molecule has 2 atom stereocenters. The van der Waals surface area contributed by atoms with Crippen LogP contribution in [0.3, 0.4) is 0 Å². The molecule has 6 nitrogen and oxygen atoms in total. The fourth-order valence-corrected chi connectivity index (χ4v) is 3.11. The lowest BCUT2D eigenvalue weighted by atomic mass is 10.1. The van der Waals surface area contributed by atoms with Gasteiger partial charge in [0.25, 0.3) is 5.91 Å². The summed E-state index contributed by atoms with van der Waals surface area (Å²) in [5.41, 5.74) is 0.724. The Morgan fingerprint density at radius 2 is 1.68 bits per heavy atom. The molecule has 0 radical (unpaired) electrons. The minimum absolute atomic E-state index is 0.00541. The summed E-state index contributed by atoms with van der Waals surface area (Å²) in [5, 5.41) is 2.95. The van der Waals surface area contributed by atoms with Crippen molar-refractivity contribution in [1.29, 1.82) is 0 Å². The zero-order chi connectivity index (χ0) is 22.8. The summed E-state index contributed by atoms with van der Waals surface area (Å²) in [5.74, 6) is 0.0350. The molecular formula is C24H31FN2O4. The summed E-state index contributed by atoms with van der Waals surface area (Å²) in [7, 11) is 1.53. The topological polar surface area (TPSA) is 67.9 Å². The first-order valence-electron chi connectivity index (χ1n) is 10.5. The summed E-state index contributed by atoms with van der Waals surface area (Å²) in [6, 6.07) is 12.3. The van der Waals surface area contributed by atoms with E-state index in [9.17, 15) is 14.0 Å². The van der Waals surface area contributed by atoms with Gasteiger partial charge in [0.2, 0.25) is 5.91 Å². The van der Waals surface area contributed by atoms with Crippen molar-refractivity contribution in [2.45, 2.75) is 52.2 Å². The van der Waals surface area contributed by atoms with Gasteiger partial charge in [0.15, 0.2) is 18.1 Å². The Morgan fingerprint density at radius 1 is 1.03 bits per heavy atom. The summed E-state index contributed by atoms with van der Waals surface area (Å²) in [6.07, 6.45) is 1.22. The van der Waals surface area contributed by atoms with Crippen LogP contribution in [0.15, 0.2) is 48.5 Å². The van der Waals surface area contributed by atoms with Crippen molar-refractivity contribution in [3.63, 3.8) is 0 Å². The lowest BCUT2D eigenvalue weighted by molar-refractivity contribution is -0.143. The molecule has 0 fully saturated rings. The van der Waals surface area contributed by atoms with E-state index < -0.39 is 6.04 Å². The highest BCUT2D eigenvalue weighted by molar-refractivity contribution is 5.88. The number of rotatable bonds is 11. The normalized spacial score (nSPS) is 12.5. The molecule has 0 aliphatic rings. The Morgan fingerprint density at radius 3 is 2.26 bits per heavy atom. The van der Waals surface area contributed by atoms with Crippen LogP contribution in [0, 0.1) is 5.82 Å². The molecule has 0 bridgehead atoms. The number of carbonyl (C=O) groups is 2. The Balaban J connectivity index is 2.23. The van der Waals surface area contributed by atoms with Gasteiger partial charge in [-0.05, 0) is 49.6 Å². The minimum Gasteiger partial charge on any atom is -0.493 e. The summed E-state index contributed by atoms with van der Waals surface area (Å²) < 4.78 is 24.3. The predicted molar refractivity (Wildman–Crippen MR) is 117 cm³/mol. The third-order valence-electron chi connectivity index (χ3n) is 5.07. The summed E-state index contributed by atoms with van der Waals surface area (Å²) >= 11 is 0. The average Bonchev–Trinajstić information content (AvgIpc) is 2.78. The van der Waals surface area contributed by atoms with E-state index in [1.54, 1.807) is 36.4 Å². The van der Waals surface area contributed by atoms with Crippen molar-refractivity contribution in [3.8, 4) is 11.5 Å². The summed E-state index contributed by atoms with van der Waals surface area (Å²) in [6.45, 7) is 5.67. The SMILES string of the molecule is CC[C@@H](C)NC(=O)[C@H](CC)N(Cc1ccc(F)cc1)C(=O)COc1ccccc1OC. The van der Waals surface area contributed by atoms with Crippen molar-refractivity contribution >= 4 is 11.8 Å². The van der Waals surface area contributed by atoms with E-state index in [-0.39, 0.29) is 36.8 Å². The van der Waals surface area contributed by atoms with E-state index >= 15 is 0 Å². The van der Waals surface area contributed by atoms with Crippen molar-refractivity contribution in [1.82, 2.24) is 10.2 Å². The third kappa shape index (κ3) is 6.98. The van der Waals surface area contributed by atoms with Gasteiger partial charge in [0.05, 0.1) is 7.11 Å². The lowest BCUT2D eigenvalue weighted by Gasteiger charge is -2.31. The number of hydrogen-bond acceptors (Lipinski definition) is 4. The Bertz CT molecular complexity index is 857. The van der Waals surface area contributed by atoms with Gasteiger partial charge >= 0.3 is 0 Å². The Hall–Kier alpha value is -3.09. The highest BCUT2D eigenvalue weighted by atomic mass is 19.1. The van der Waals surface area contributed by atoms with Gasteiger partial charge in [-0.3, -0.25) is 9.59 Å². The van der Waals surface area contributed by atoms with E-state index in [1.807, 2.05) is 20.8 Å². The first-order valence-corrected chi connectivity index (χ1v) is 10.5. The number of ether oxygens (including phenoxy) is 2. The van der Waals surface area contributed by atoms with E-state index in [0.717, 1.165) is 12.0 Å². The standard InChI is InChI=1S/C24H31FN2O4/c1-5-17(3)26-24(29)20(6-2)27(15-18-11-13-19(25)14-12-18)23(28)16-31-22-10-8-7-9-21(22)30-4/h7-14,17,20H,5-6,15-16H2,1-4H3,(H,26,29)/t17-,20+/m1/s1. The molecule has 31 heavy (non-hydrogen) atoms. The Kier molecular flexibility index (Phi) is 9.31. The molecule has 0 aliphatic carbocycles. The number of methoxy groups -OCH3 is 1. The molecule has 1 N–H and O–H groups in total. The van der Waals surface area contributed by atoms with Crippen molar-refractivity contribution in [2.75, 3.05) is 13.7 Å². The van der Waals surface area contributed by atoms with Crippen LogP contribution < -0.4 is 14.8 Å². The van der Waals surface area contributed by atoms with Gasteiger partial charge in [-0.2, -0.15) is 0 Å². The molecule has 168 valence electrons. The average molecular weight is 431 g/mol. The van der Waals surface area contributed by atoms with Crippen molar-refractivity contribution < 1.29 is 23.5 Å². The molecule has 0 aliphatic heterocycles. The van der Waals surface area contributed by atoms with Gasteiger partial charge < -0.3 is 19.7 Å². The first-order chi connectivity index (χ1) is 14.9. The molecule has 7 heteroatoms. The number of halogens is 1. The fraction of sp³-hybridized carbons (Fsp3) is 0.417. The molecule has 0 saturated heterocycles. The maximum absolute atomic E-state index is 13.3. The van der Waals surface area contributed by atoms with Crippen LogP contribution in [0.5, 0.6) is 11.5 Å². The lowest BCUT2D eigenvalue weighted by Crippen LogP contribution is -2.51. The van der Waals surface area contributed by atoms with Crippen LogP contribution in [0.2, 0.25) is 0 Å². The zero-order valence-corrected chi connectivity index (χ0v) is 18.6. The molecule has 2 amide bonds. The van der Waals surface area contributed by atoms with Crippen LogP contribution in [0.1, 0.15) is 39.2 Å². The fourth-order valence-electron chi connectivity index (χ4n) is 3.11. The van der Waals surface area contributed by atoms with Gasteiger partial charge in [0, 0.05) is 12.6 Å². The first kappa shape index (κ1) is 24.2. The monoisotopic (exact) mass is 430 g/mol. The largest absolute Gasteiger partial charge is 0.493 e. The maximum Gasteiger partial charge on any atom is 0.261 e. The summed E-state index contributed by atoms with van der Waals surface area (Å²) in [4.78, 5) is 27.5. The van der Waals surface area contributed by atoms with Gasteiger partial charge in [-0.1, -0.05) is 38.1 Å². The van der Waals surface area contributed by atoms with E-state index in [2.05, 4.69) is 5.32 Å². The molecule has 0 aromatic heterocycles. The second-order valence-electron chi connectivity index (χ2n) is 7.33. The Labute approximate surface area is 183 Å². The molecule has 2 aromatic rings. The maximum atomic E-state index is 13.3. The quantitative estimate of drug-likeness (QED) is 0.586. The second kappa shape index (κ2) is 11.9. The van der Waals surface area contributed by atoms with Crippen molar-refractivity contribution in [3.05, 3.63) is 59.9 Å². The van der Waals surface area contributed by atoms with E-state index in [4.69, 9.17) is 9.47 Å². The van der Waals surface area contributed by atoms with Crippen LogP contribution in [-0.2, 0) is 16.1 Å². The highest BCUT2D eigenvalue weighted by Crippen LogP contribution is 2.26. The highest BCUT2D eigenvalue weighted by Gasteiger charge is 2.29. The van der Waals surface area contributed by atoms with E-state index in [1.165, 1.54) is 24.1 Å². The van der Waals surface area contributed by atoms with Crippen molar-refractivity contribution in [2.24, 2.45) is 0 Å². The predicted octanol–water partition coefficient (Wildman–Crippen LogP) is 3.94. The van der Waals surface area contributed by atoms with Crippen LogP contribution in [0.25, 0.3) is 0 Å². The van der Waals surface area contributed by atoms with Gasteiger partial charge in [0.1, 0.15) is 11.9 Å². The van der Waals surface area contributed by atoms with Gasteiger partial charge in [-0.15, -0.1) is 0 Å². The van der Waals surface area contributed by atoms with Crippen LogP contribution in [-0.4, -0.2) is 42.5 Å². The van der Waals surface area contributed by atoms with Crippen LogP contribution >= 0.6 is 0 Å². The number of nitrogens with one attached hydrogen (secondary N) is 1. The number of para-hydroxylation sites is 2. The number of carbonyl (C=O) groups excluding carboxylic acids is 2. The molecule has 0 saturated carbocycles. The van der Waals surface area contributed by atoms with E-state index in [0.29, 0.717) is 17.9 Å². The minimum atomic E-state index is -0.673.